The van der Waals surface area contributed by atoms with E-state index in [2.05, 4.69) is 6.92 Å². The number of aliphatic hydroxyl groups excluding tert-OH is 1. The predicted octanol–water partition coefficient (Wildman–Crippen LogP) is 4.21. The van der Waals surface area contributed by atoms with E-state index >= 15 is 0 Å². The molecule has 0 radical (unpaired) electrons. The van der Waals surface area contributed by atoms with Gasteiger partial charge in [-0.2, -0.15) is 0 Å². The van der Waals surface area contributed by atoms with Gasteiger partial charge < -0.3 is 5.11 Å². The third-order valence-corrected chi connectivity index (χ3v) is 4.14. The molecule has 1 aromatic carbocycles. The van der Waals surface area contributed by atoms with Crippen LogP contribution >= 0.6 is 0 Å². The van der Waals surface area contributed by atoms with Gasteiger partial charge in [-0.3, -0.25) is 0 Å². The van der Waals surface area contributed by atoms with Crippen LogP contribution in [0.5, 0.6) is 0 Å². The fourth-order valence-electron chi connectivity index (χ4n) is 2.93. The summed E-state index contributed by atoms with van der Waals surface area (Å²) in [7, 11) is 0. The van der Waals surface area contributed by atoms with Crippen LogP contribution in [-0.4, -0.2) is 5.11 Å². The summed E-state index contributed by atoms with van der Waals surface area (Å²) >= 11 is 0. The summed E-state index contributed by atoms with van der Waals surface area (Å²) < 4.78 is 26.2. The Balaban J connectivity index is 2.05. The van der Waals surface area contributed by atoms with E-state index in [4.69, 9.17) is 0 Å². The molecule has 0 bridgehead atoms. The minimum atomic E-state index is -0.743. The molecule has 18 heavy (non-hydrogen) atoms. The molecule has 0 heterocycles. The summed E-state index contributed by atoms with van der Waals surface area (Å²) in [4.78, 5) is 0. The third-order valence-electron chi connectivity index (χ3n) is 4.14. The molecule has 1 atom stereocenters. The van der Waals surface area contributed by atoms with Crippen LogP contribution in [0.25, 0.3) is 0 Å². The Morgan fingerprint density at radius 3 is 2.17 bits per heavy atom. The highest BCUT2D eigenvalue weighted by atomic mass is 19.1. The highest BCUT2D eigenvalue weighted by Crippen LogP contribution is 2.38. The predicted molar refractivity (Wildman–Crippen MR) is 67.1 cm³/mol. The number of hydrogen-bond donors (Lipinski definition) is 1. The van der Waals surface area contributed by atoms with Crippen molar-refractivity contribution in [3.05, 3.63) is 35.4 Å². The van der Waals surface area contributed by atoms with E-state index < -0.39 is 17.7 Å². The van der Waals surface area contributed by atoms with E-state index in [-0.39, 0.29) is 5.92 Å². The van der Waals surface area contributed by atoms with Gasteiger partial charge in [-0.05, 0) is 42.4 Å². The van der Waals surface area contributed by atoms with Gasteiger partial charge in [0.25, 0.3) is 0 Å². The molecule has 0 amide bonds. The van der Waals surface area contributed by atoms with Gasteiger partial charge >= 0.3 is 0 Å². The molecule has 1 nitrogen and oxygen atoms in total. The van der Waals surface area contributed by atoms with E-state index in [9.17, 15) is 13.9 Å². The Kier molecular flexibility index (Phi) is 4.33. The van der Waals surface area contributed by atoms with Gasteiger partial charge in [0.05, 0.1) is 6.10 Å². The lowest BCUT2D eigenvalue weighted by Crippen LogP contribution is -2.20. The zero-order chi connectivity index (χ0) is 13.1. The lowest BCUT2D eigenvalue weighted by molar-refractivity contribution is 0.0724. The third kappa shape index (κ3) is 3.08. The summed E-state index contributed by atoms with van der Waals surface area (Å²) in [6, 6.07) is 3.31. The first-order chi connectivity index (χ1) is 8.60. The van der Waals surface area contributed by atoms with Crippen LogP contribution in [0.1, 0.15) is 50.7 Å². The maximum absolute atomic E-state index is 13.1. The largest absolute Gasteiger partial charge is 0.388 e. The zero-order valence-electron chi connectivity index (χ0n) is 10.7. The maximum Gasteiger partial charge on any atom is 0.126 e. The van der Waals surface area contributed by atoms with Crippen LogP contribution in [0, 0.1) is 23.5 Å². The molecular weight excluding hydrogens is 234 g/mol. The second-order valence-electron chi connectivity index (χ2n) is 5.34. The summed E-state index contributed by atoms with van der Waals surface area (Å²) in [5, 5.41) is 10.2. The van der Waals surface area contributed by atoms with Crippen LogP contribution in [-0.2, 0) is 0 Å². The standard InChI is InChI=1S/C15H20F2O/c1-2-10-3-5-11(6-4-10)15(18)12-7-13(16)9-14(17)8-12/h7-11,15,18H,2-6H2,1H3. The Bertz CT molecular complexity index is 377. The molecule has 0 saturated heterocycles. The molecule has 1 N–H and O–H groups in total. The van der Waals surface area contributed by atoms with Crippen molar-refractivity contribution >= 4 is 0 Å². The smallest absolute Gasteiger partial charge is 0.126 e. The highest BCUT2D eigenvalue weighted by molar-refractivity contribution is 5.20. The Labute approximate surface area is 107 Å². The van der Waals surface area contributed by atoms with Gasteiger partial charge in [-0.1, -0.05) is 26.2 Å². The zero-order valence-corrected chi connectivity index (χ0v) is 10.7. The van der Waals surface area contributed by atoms with Crippen LogP contribution in [0.15, 0.2) is 18.2 Å². The Morgan fingerprint density at radius 1 is 1.11 bits per heavy atom. The number of aliphatic hydroxyl groups is 1. The van der Waals surface area contributed by atoms with E-state index in [1.54, 1.807) is 0 Å². The van der Waals surface area contributed by atoms with E-state index in [0.29, 0.717) is 5.56 Å². The second kappa shape index (κ2) is 5.79. The van der Waals surface area contributed by atoms with Crippen LogP contribution in [0.2, 0.25) is 0 Å². The van der Waals surface area contributed by atoms with Crippen molar-refractivity contribution < 1.29 is 13.9 Å². The lowest BCUT2D eigenvalue weighted by Gasteiger charge is -2.31. The van der Waals surface area contributed by atoms with Crippen LogP contribution in [0.3, 0.4) is 0 Å². The summed E-state index contributed by atoms with van der Waals surface area (Å²) in [5.41, 5.74) is 0.368. The van der Waals surface area contributed by atoms with Crippen molar-refractivity contribution in [2.24, 2.45) is 11.8 Å². The molecule has 0 aliphatic heterocycles. The minimum Gasteiger partial charge on any atom is -0.388 e. The minimum absolute atomic E-state index is 0.133. The summed E-state index contributed by atoms with van der Waals surface area (Å²) in [6.45, 7) is 2.18. The molecule has 1 saturated carbocycles. The molecule has 1 fully saturated rings. The Hall–Kier alpha value is -0.960. The first-order valence-corrected chi connectivity index (χ1v) is 6.74. The monoisotopic (exact) mass is 254 g/mol. The average molecular weight is 254 g/mol. The number of benzene rings is 1. The van der Waals surface area contributed by atoms with Crippen molar-refractivity contribution in [2.75, 3.05) is 0 Å². The lowest BCUT2D eigenvalue weighted by atomic mass is 9.77. The van der Waals surface area contributed by atoms with Gasteiger partial charge in [-0.15, -0.1) is 0 Å². The molecule has 1 aromatic rings. The molecular formula is C15H20F2O. The number of rotatable bonds is 3. The normalized spacial score (nSPS) is 26.0. The summed E-state index contributed by atoms with van der Waals surface area (Å²) in [6.07, 6.45) is 4.53. The molecule has 100 valence electrons. The van der Waals surface area contributed by atoms with Gasteiger partial charge in [-0.25, -0.2) is 8.78 Å². The quantitative estimate of drug-likeness (QED) is 0.856. The Morgan fingerprint density at radius 2 is 1.67 bits per heavy atom. The number of halogens is 2. The first-order valence-electron chi connectivity index (χ1n) is 6.74. The maximum atomic E-state index is 13.1. The van der Waals surface area contributed by atoms with Crippen molar-refractivity contribution in [2.45, 2.75) is 45.1 Å². The summed E-state index contributed by atoms with van der Waals surface area (Å²) in [5.74, 6) is -0.357. The molecule has 0 aromatic heterocycles. The van der Waals surface area contributed by atoms with Crippen molar-refractivity contribution in [3.63, 3.8) is 0 Å². The fraction of sp³-hybridized carbons (Fsp3) is 0.600. The van der Waals surface area contributed by atoms with Gasteiger partial charge in [0.15, 0.2) is 0 Å². The van der Waals surface area contributed by atoms with E-state index in [0.717, 1.165) is 37.7 Å². The van der Waals surface area contributed by atoms with Gasteiger partial charge in [0.1, 0.15) is 11.6 Å². The van der Waals surface area contributed by atoms with E-state index in [1.165, 1.54) is 18.6 Å². The van der Waals surface area contributed by atoms with Crippen molar-refractivity contribution in [1.29, 1.82) is 0 Å². The van der Waals surface area contributed by atoms with Gasteiger partial charge in [0.2, 0.25) is 0 Å². The van der Waals surface area contributed by atoms with Crippen LogP contribution in [0.4, 0.5) is 8.78 Å². The second-order valence-corrected chi connectivity index (χ2v) is 5.34. The SMILES string of the molecule is CCC1CCC(C(O)c2cc(F)cc(F)c2)CC1. The van der Waals surface area contributed by atoms with Crippen LogP contribution < -0.4 is 0 Å². The average Bonchev–Trinajstić information content (AvgIpc) is 2.37. The fourth-order valence-corrected chi connectivity index (χ4v) is 2.93. The molecule has 0 spiro atoms. The van der Waals surface area contributed by atoms with Crippen molar-refractivity contribution in [1.82, 2.24) is 0 Å². The number of hydrogen-bond acceptors (Lipinski definition) is 1. The molecule has 1 aliphatic carbocycles. The molecule has 3 heteroatoms. The first kappa shape index (κ1) is 13.5. The highest BCUT2D eigenvalue weighted by Gasteiger charge is 2.27. The molecule has 2 rings (SSSR count). The van der Waals surface area contributed by atoms with E-state index in [1.807, 2.05) is 0 Å². The van der Waals surface area contributed by atoms with Gasteiger partial charge in [0, 0.05) is 6.07 Å². The van der Waals surface area contributed by atoms with Crippen molar-refractivity contribution in [3.8, 4) is 0 Å². The molecule has 1 unspecified atom stereocenters. The molecule has 1 aliphatic rings. The topological polar surface area (TPSA) is 20.2 Å².